The van der Waals surface area contributed by atoms with Crippen molar-refractivity contribution in [2.45, 2.75) is 13.8 Å². The van der Waals surface area contributed by atoms with Gasteiger partial charge in [0.15, 0.2) is 5.57 Å². The van der Waals surface area contributed by atoms with Gasteiger partial charge in [0.1, 0.15) is 11.1 Å². The lowest BCUT2D eigenvalue weighted by molar-refractivity contribution is -0.138. The molecule has 0 radical (unpaired) electrons. The SMILES string of the molecule is CCOC(=O)/C(C#N)=C/Nc1sccc1C(=O)OCC. The van der Waals surface area contributed by atoms with Crippen LogP contribution < -0.4 is 5.32 Å². The van der Waals surface area contributed by atoms with Crippen molar-refractivity contribution in [3.63, 3.8) is 0 Å². The molecule has 0 fully saturated rings. The summed E-state index contributed by atoms with van der Waals surface area (Å²) in [6.07, 6.45) is 1.21. The van der Waals surface area contributed by atoms with E-state index in [1.165, 1.54) is 17.5 Å². The fourth-order valence-corrected chi connectivity index (χ4v) is 2.02. The molecule has 6 nitrogen and oxygen atoms in total. The van der Waals surface area contributed by atoms with Crippen molar-refractivity contribution >= 4 is 28.3 Å². The van der Waals surface area contributed by atoms with Gasteiger partial charge in [-0.3, -0.25) is 0 Å². The summed E-state index contributed by atoms with van der Waals surface area (Å²) in [4.78, 5) is 23.1. The Hall–Kier alpha value is -2.33. The minimum Gasteiger partial charge on any atom is -0.462 e. The first-order chi connectivity index (χ1) is 9.63. The molecule has 1 rings (SSSR count). The number of hydrogen-bond donors (Lipinski definition) is 1. The minimum atomic E-state index is -0.711. The van der Waals surface area contributed by atoms with Crippen molar-refractivity contribution in [1.82, 2.24) is 0 Å². The molecule has 1 aromatic heterocycles. The smallest absolute Gasteiger partial charge is 0.350 e. The zero-order chi connectivity index (χ0) is 15.0. The lowest BCUT2D eigenvalue weighted by atomic mass is 10.3. The molecule has 0 aliphatic rings. The van der Waals surface area contributed by atoms with Gasteiger partial charge in [0, 0.05) is 6.20 Å². The molecular weight excluding hydrogens is 280 g/mol. The number of thiophene rings is 1. The molecule has 0 unspecified atom stereocenters. The Morgan fingerprint density at radius 3 is 2.70 bits per heavy atom. The Labute approximate surface area is 120 Å². The predicted molar refractivity (Wildman–Crippen MR) is 74.2 cm³/mol. The number of hydrogen-bond acceptors (Lipinski definition) is 7. The van der Waals surface area contributed by atoms with Gasteiger partial charge in [-0.2, -0.15) is 5.26 Å². The topological polar surface area (TPSA) is 88.4 Å². The minimum absolute atomic E-state index is 0.171. The van der Waals surface area contributed by atoms with Gasteiger partial charge in [0.2, 0.25) is 0 Å². The van der Waals surface area contributed by atoms with E-state index in [0.717, 1.165) is 0 Å². The number of carbonyl (C=O) groups is 2. The van der Waals surface area contributed by atoms with Gasteiger partial charge in [-0.05, 0) is 25.3 Å². The van der Waals surface area contributed by atoms with E-state index in [4.69, 9.17) is 14.7 Å². The summed E-state index contributed by atoms with van der Waals surface area (Å²) in [5.74, 6) is -1.17. The van der Waals surface area contributed by atoms with Gasteiger partial charge >= 0.3 is 11.9 Å². The molecular formula is C13H14N2O4S. The number of rotatable bonds is 6. The summed E-state index contributed by atoms with van der Waals surface area (Å²) in [5.41, 5.74) is 0.185. The molecule has 0 aromatic carbocycles. The normalized spacial score (nSPS) is 10.6. The monoisotopic (exact) mass is 294 g/mol. The molecule has 1 N–H and O–H groups in total. The summed E-state index contributed by atoms with van der Waals surface area (Å²) in [6.45, 7) is 3.82. The zero-order valence-corrected chi connectivity index (χ0v) is 12.0. The van der Waals surface area contributed by atoms with E-state index in [2.05, 4.69) is 5.32 Å². The van der Waals surface area contributed by atoms with E-state index in [1.807, 2.05) is 0 Å². The summed E-state index contributed by atoms with van der Waals surface area (Å²) in [7, 11) is 0. The van der Waals surface area contributed by atoms with E-state index in [9.17, 15) is 9.59 Å². The Morgan fingerprint density at radius 1 is 1.40 bits per heavy atom. The molecule has 1 aromatic rings. The van der Waals surface area contributed by atoms with E-state index >= 15 is 0 Å². The summed E-state index contributed by atoms with van der Waals surface area (Å²) in [6, 6.07) is 3.34. The Morgan fingerprint density at radius 2 is 2.10 bits per heavy atom. The third kappa shape index (κ3) is 4.10. The second-order valence-corrected chi connectivity index (χ2v) is 4.33. The molecule has 1 heterocycles. The van der Waals surface area contributed by atoms with E-state index in [0.29, 0.717) is 10.6 Å². The summed E-state index contributed by atoms with van der Waals surface area (Å²) in [5, 5.41) is 13.8. The number of nitrogens with zero attached hydrogens (tertiary/aromatic N) is 1. The van der Waals surface area contributed by atoms with Crippen LogP contribution in [0.3, 0.4) is 0 Å². The van der Waals surface area contributed by atoms with Crippen LogP contribution in [0.2, 0.25) is 0 Å². The van der Waals surface area contributed by atoms with Crippen molar-refractivity contribution in [1.29, 1.82) is 5.26 Å². The Kier molecular flexibility index (Phi) is 6.26. The van der Waals surface area contributed by atoms with Gasteiger partial charge in [0.05, 0.1) is 18.8 Å². The van der Waals surface area contributed by atoms with Crippen molar-refractivity contribution in [2.24, 2.45) is 0 Å². The average molecular weight is 294 g/mol. The largest absolute Gasteiger partial charge is 0.462 e. The Bertz CT molecular complexity index is 557. The second kappa shape index (κ2) is 7.96. The van der Waals surface area contributed by atoms with Gasteiger partial charge in [0.25, 0.3) is 0 Å². The molecule has 106 valence electrons. The first kappa shape index (κ1) is 15.7. The van der Waals surface area contributed by atoms with Crippen molar-refractivity contribution in [3.8, 4) is 6.07 Å². The van der Waals surface area contributed by atoms with Crippen LogP contribution in [0.1, 0.15) is 24.2 Å². The molecule has 0 amide bonds. The van der Waals surface area contributed by atoms with Crippen LogP contribution in [-0.4, -0.2) is 25.2 Å². The highest BCUT2D eigenvalue weighted by Crippen LogP contribution is 2.24. The number of ether oxygens (including phenoxy) is 2. The third-order valence-corrected chi connectivity index (χ3v) is 2.97. The quantitative estimate of drug-likeness (QED) is 0.492. The van der Waals surface area contributed by atoms with E-state index in [1.54, 1.807) is 31.4 Å². The van der Waals surface area contributed by atoms with Crippen molar-refractivity contribution < 1.29 is 19.1 Å². The maximum absolute atomic E-state index is 11.6. The summed E-state index contributed by atoms with van der Waals surface area (Å²) >= 11 is 1.26. The van der Waals surface area contributed by atoms with Gasteiger partial charge in [-0.1, -0.05) is 0 Å². The maximum atomic E-state index is 11.6. The van der Waals surface area contributed by atoms with Crippen LogP contribution in [-0.2, 0) is 14.3 Å². The molecule has 0 saturated heterocycles. The van der Waals surface area contributed by atoms with Crippen LogP contribution >= 0.6 is 11.3 Å². The predicted octanol–water partition coefficient (Wildman–Crippen LogP) is 2.31. The fraction of sp³-hybridized carbons (Fsp3) is 0.308. The second-order valence-electron chi connectivity index (χ2n) is 3.42. The number of carbonyl (C=O) groups excluding carboxylic acids is 2. The standard InChI is InChI=1S/C13H14N2O4S/c1-3-18-12(16)9(7-14)8-15-11-10(5-6-20-11)13(17)19-4-2/h5-6,8,15H,3-4H2,1-2H3/b9-8+. The highest BCUT2D eigenvalue weighted by atomic mass is 32.1. The molecule has 0 atom stereocenters. The molecule has 0 saturated carbocycles. The molecule has 0 bridgehead atoms. The third-order valence-electron chi connectivity index (χ3n) is 2.12. The van der Waals surface area contributed by atoms with E-state index in [-0.39, 0.29) is 18.8 Å². The van der Waals surface area contributed by atoms with Gasteiger partial charge in [-0.15, -0.1) is 11.3 Å². The zero-order valence-electron chi connectivity index (χ0n) is 11.1. The maximum Gasteiger partial charge on any atom is 0.350 e. The van der Waals surface area contributed by atoms with Crippen LogP contribution in [0.15, 0.2) is 23.2 Å². The fourth-order valence-electron chi connectivity index (χ4n) is 1.27. The first-order valence-electron chi connectivity index (χ1n) is 5.92. The van der Waals surface area contributed by atoms with Crippen LogP contribution in [0, 0.1) is 11.3 Å². The highest BCUT2D eigenvalue weighted by molar-refractivity contribution is 7.14. The first-order valence-corrected chi connectivity index (χ1v) is 6.80. The molecule has 20 heavy (non-hydrogen) atoms. The van der Waals surface area contributed by atoms with Crippen LogP contribution in [0.5, 0.6) is 0 Å². The number of anilines is 1. The molecule has 0 spiro atoms. The molecule has 7 heteroatoms. The van der Waals surface area contributed by atoms with E-state index < -0.39 is 11.9 Å². The van der Waals surface area contributed by atoms with Gasteiger partial charge in [-0.25, -0.2) is 9.59 Å². The van der Waals surface area contributed by atoms with Crippen LogP contribution in [0.25, 0.3) is 0 Å². The van der Waals surface area contributed by atoms with Crippen molar-refractivity contribution in [3.05, 3.63) is 28.8 Å². The lowest BCUT2D eigenvalue weighted by Crippen LogP contribution is -2.09. The van der Waals surface area contributed by atoms with Crippen LogP contribution in [0.4, 0.5) is 5.00 Å². The van der Waals surface area contributed by atoms with Gasteiger partial charge < -0.3 is 14.8 Å². The number of esters is 2. The van der Waals surface area contributed by atoms with Crippen molar-refractivity contribution in [2.75, 3.05) is 18.5 Å². The molecule has 0 aliphatic heterocycles. The summed E-state index contributed by atoms with van der Waals surface area (Å²) < 4.78 is 9.62. The Balaban J connectivity index is 2.84. The molecule has 0 aliphatic carbocycles. The average Bonchev–Trinajstić information content (AvgIpc) is 2.88. The highest BCUT2D eigenvalue weighted by Gasteiger charge is 2.14. The lowest BCUT2D eigenvalue weighted by Gasteiger charge is -2.04. The number of nitrogens with one attached hydrogen (secondary N) is 1. The number of nitriles is 1.